The summed E-state index contributed by atoms with van der Waals surface area (Å²) < 4.78 is 49.4. The van der Waals surface area contributed by atoms with Crippen molar-refractivity contribution in [2.45, 2.75) is 12.3 Å². The van der Waals surface area contributed by atoms with Crippen molar-refractivity contribution in [3.63, 3.8) is 0 Å². The van der Waals surface area contributed by atoms with Gasteiger partial charge in [-0.3, -0.25) is 9.78 Å². The molecule has 1 heterocycles. The Balaban J connectivity index is 2.76. The summed E-state index contributed by atoms with van der Waals surface area (Å²) >= 11 is 0. The number of carbonyl (C=O) groups is 1. The summed E-state index contributed by atoms with van der Waals surface area (Å²) in [6, 6.07) is 2.54. The lowest BCUT2D eigenvalue weighted by molar-refractivity contribution is -0.117. The quantitative estimate of drug-likeness (QED) is 0.839. The molecule has 19 heavy (non-hydrogen) atoms. The molecule has 4 nitrogen and oxygen atoms in total. The molecule has 1 aromatic rings. The maximum absolute atomic E-state index is 12.7. The standard InChI is InChI=1S/C11H13F4N3O/c1-18(2)9(19)8-5-7(3-4-16-8)17-6-11(14,15)10(12)13/h3-5,10H,6H2,1-2H3,(H,16,17). The largest absolute Gasteiger partial charge is 0.379 e. The van der Waals surface area contributed by atoms with Gasteiger partial charge >= 0.3 is 12.3 Å². The number of nitrogens with one attached hydrogen (secondary N) is 1. The first-order valence-electron chi connectivity index (χ1n) is 5.31. The molecule has 0 fully saturated rings. The number of amides is 1. The normalized spacial score (nSPS) is 11.5. The van der Waals surface area contributed by atoms with Gasteiger partial charge in [0.2, 0.25) is 0 Å². The minimum atomic E-state index is -4.13. The summed E-state index contributed by atoms with van der Waals surface area (Å²) in [5.41, 5.74) is 0.163. The number of aromatic nitrogens is 1. The Morgan fingerprint density at radius 1 is 1.47 bits per heavy atom. The second-order valence-corrected chi connectivity index (χ2v) is 4.04. The maximum atomic E-state index is 12.7. The molecule has 1 N–H and O–H groups in total. The van der Waals surface area contributed by atoms with Gasteiger partial charge < -0.3 is 10.2 Å². The molecule has 0 aliphatic heterocycles. The molecule has 0 radical (unpaired) electrons. The van der Waals surface area contributed by atoms with Crippen molar-refractivity contribution in [2.24, 2.45) is 0 Å². The summed E-state index contributed by atoms with van der Waals surface area (Å²) in [5.74, 6) is -4.54. The van der Waals surface area contributed by atoms with Crippen LogP contribution in [0.2, 0.25) is 0 Å². The molecule has 0 atom stereocenters. The number of carbonyl (C=O) groups excluding carboxylic acids is 1. The van der Waals surface area contributed by atoms with E-state index in [0.717, 1.165) is 0 Å². The van der Waals surface area contributed by atoms with Crippen LogP contribution in [0.1, 0.15) is 10.5 Å². The van der Waals surface area contributed by atoms with Gasteiger partial charge in [-0.05, 0) is 12.1 Å². The third-order valence-electron chi connectivity index (χ3n) is 2.23. The van der Waals surface area contributed by atoms with Crippen LogP contribution in [-0.4, -0.2) is 48.8 Å². The van der Waals surface area contributed by atoms with Gasteiger partial charge in [0.15, 0.2) is 0 Å². The van der Waals surface area contributed by atoms with E-state index in [-0.39, 0.29) is 11.4 Å². The van der Waals surface area contributed by atoms with Crippen LogP contribution in [-0.2, 0) is 0 Å². The number of rotatable bonds is 5. The fourth-order valence-electron chi connectivity index (χ4n) is 1.18. The number of pyridine rings is 1. The molecule has 1 amide bonds. The first-order chi connectivity index (χ1) is 8.74. The summed E-state index contributed by atoms with van der Waals surface area (Å²) in [6.07, 6.45) is -2.51. The minimum absolute atomic E-state index is 0.0374. The highest BCUT2D eigenvalue weighted by molar-refractivity contribution is 5.92. The molecule has 0 saturated heterocycles. The molecule has 1 rings (SSSR count). The third-order valence-corrected chi connectivity index (χ3v) is 2.23. The van der Waals surface area contributed by atoms with Crippen molar-refractivity contribution in [3.8, 4) is 0 Å². The third kappa shape index (κ3) is 4.08. The van der Waals surface area contributed by atoms with E-state index in [1.165, 1.54) is 37.3 Å². The Morgan fingerprint density at radius 3 is 2.63 bits per heavy atom. The summed E-state index contributed by atoms with van der Waals surface area (Å²) in [7, 11) is 3.02. The predicted octanol–water partition coefficient (Wildman–Crippen LogP) is 2.10. The minimum Gasteiger partial charge on any atom is -0.379 e. The number of anilines is 1. The molecule has 0 aliphatic carbocycles. The number of alkyl halides is 4. The second-order valence-electron chi connectivity index (χ2n) is 4.04. The van der Waals surface area contributed by atoms with Crippen LogP contribution in [0.5, 0.6) is 0 Å². The highest BCUT2D eigenvalue weighted by Crippen LogP contribution is 2.23. The molecule has 1 aromatic heterocycles. The van der Waals surface area contributed by atoms with E-state index in [1.54, 1.807) is 0 Å². The molecule has 0 aliphatic rings. The van der Waals surface area contributed by atoms with E-state index < -0.39 is 24.8 Å². The average Bonchev–Trinajstić information content (AvgIpc) is 2.35. The van der Waals surface area contributed by atoms with Crippen LogP contribution in [0.4, 0.5) is 23.2 Å². The highest BCUT2D eigenvalue weighted by atomic mass is 19.3. The predicted molar refractivity (Wildman–Crippen MR) is 61.7 cm³/mol. The van der Waals surface area contributed by atoms with Gasteiger partial charge in [0, 0.05) is 26.0 Å². The maximum Gasteiger partial charge on any atom is 0.324 e. The smallest absolute Gasteiger partial charge is 0.324 e. The number of halogens is 4. The molecule has 8 heteroatoms. The van der Waals surface area contributed by atoms with E-state index in [4.69, 9.17) is 0 Å². The van der Waals surface area contributed by atoms with Crippen LogP contribution in [0, 0.1) is 0 Å². The highest BCUT2D eigenvalue weighted by Gasteiger charge is 2.40. The van der Waals surface area contributed by atoms with E-state index in [1.807, 2.05) is 0 Å². The lowest BCUT2D eigenvalue weighted by atomic mass is 10.2. The van der Waals surface area contributed by atoms with Crippen molar-refractivity contribution < 1.29 is 22.4 Å². The second kappa shape index (κ2) is 5.85. The number of hydrogen-bond donors (Lipinski definition) is 1. The Labute approximate surface area is 107 Å². The Morgan fingerprint density at radius 2 is 2.11 bits per heavy atom. The fourth-order valence-corrected chi connectivity index (χ4v) is 1.18. The zero-order valence-corrected chi connectivity index (χ0v) is 10.3. The van der Waals surface area contributed by atoms with Crippen LogP contribution in [0.25, 0.3) is 0 Å². The van der Waals surface area contributed by atoms with E-state index in [9.17, 15) is 22.4 Å². The van der Waals surface area contributed by atoms with Crippen molar-refractivity contribution in [3.05, 3.63) is 24.0 Å². The Kier molecular flexibility index (Phi) is 4.68. The van der Waals surface area contributed by atoms with Crippen molar-refractivity contribution in [1.82, 2.24) is 9.88 Å². The number of hydrogen-bond acceptors (Lipinski definition) is 3. The fraction of sp³-hybridized carbons (Fsp3) is 0.455. The number of nitrogens with zero attached hydrogens (tertiary/aromatic N) is 2. The van der Waals surface area contributed by atoms with Crippen LogP contribution < -0.4 is 5.32 Å². The molecule has 0 aromatic carbocycles. The Bertz CT molecular complexity index is 451. The lowest BCUT2D eigenvalue weighted by Crippen LogP contribution is -2.34. The summed E-state index contributed by atoms with van der Waals surface area (Å²) in [5, 5.41) is 2.16. The van der Waals surface area contributed by atoms with E-state index >= 15 is 0 Å². The zero-order chi connectivity index (χ0) is 14.6. The summed E-state index contributed by atoms with van der Waals surface area (Å²) in [6.45, 7) is -1.22. The molecule has 0 unspecified atom stereocenters. The van der Waals surface area contributed by atoms with Gasteiger partial charge in [-0.25, -0.2) is 8.78 Å². The Hall–Kier alpha value is -1.86. The zero-order valence-electron chi connectivity index (χ0n) is 10.3. The van der Waals surface area contributed by atoms with Crippen molar-refractivity contribution >= 4 is 11.6 Å². The van der Waals surface area contributed by atoms with Gasteiger partial charge in [0.25, 0.3) is 5.91 Å². The molecule has 0 bridgehead atoms. The van der Waals surface area contributed by atoms with Crippen LogP contribution in [0.15, 0.2) is 18.3 Å². The first-order valence-corrected chi connectivity index (χ1v) is 5.31. The van der Waals surface area contributed by atoms with E-state index in [0.29, 0.717) is 0 Å². The van der Waals surface area contributed by atoms with Gasteiger partial charge in [0.05, 0.1) is 6.54 Å². The topological polar surface area (TPSA) is 45.2 Å². The van der Waals surface area contributed by atoms with Crippen molar-refractivity contribution in [1.29, 1.82) is 0 Å². The van der Waals surface area contributed by atoms with Crippen molar-refractivity contribution in [2.75, 3.05) is 26.0 Å². The van der Waals surface area contributed by atoms with Crippen LogP contribution in [0.3, 0.4) is 0 Å². The van der Waals surface area contributed by atoms with Gasteiger partial charge in [0.1, 0.15) is 5.69 Å². The molecule has 0 spiro atoms. The van der Waals surface area contributed by atoms with Crippen LogP contribution >= 0.6 is 0 Å². The molecule has 106 valence electrons. The first kappa shape index (κ1) is 15.2. The molecule has 0 saturated carbocycles. The lowest BCUT2D eigenvalue weighted by Gasteiger charge is -2.17. The average molecular weight is 279 g/mol. The van der Waals surface area contributed by atoms with Gasteiger partial charge in [-0.1, -0.05) is 0 Å². The summed E-state index contributed by atoms with van der Waals surface area (Å²) in [4.78, 5) is 16.6. The molecular formula is C11H13F4N3O. The monoisotopic (exact) mass is 279 g/mol. The van der Waals surface area contributed by atoms with Gasteiger partial charge in [-0.15, -0.1) is 0 Å². The van der Waals surface area contributed by atoms with Gasteiger partial charge in [-0.2, -0.15) is 8.78 Å². The molecular weight excluding hydrogens is 266 g/mol. The van der Waals surface area contributed by atoms with E-state index in [2.05, 4.69) is 10.3 Å². The SMILES string of the molecule is CN(C)C(=O)c1cc(NCC(F)(F)C(F)F)ccn1.